The smallest absolute Gasteiger partial charge is 0.211 e. The largest absolute Gasteiger partial charge is 0.497 e. The molecule has 1 aromatic rings. The van der Waals surface area contributed by atoms with E-state index >= 15 is 0 Å². The van der Waals surface area contributed by atoms with Gasteiger partial charge in [0.25, 0.3) is 0 Å². The Bertz CT molecular complexity index is 566. The Hall–Kier alpha value is -1.47. The topological polar surface area (TPSA) is 84.7 Å². The fraction of sp³-hybridized carbons (Fsp3) is 0.538. The number of nitrogen functional groups attached to an aromatic ring is 1. The Labute approximate surface area is 120 Å². The summed E-state index contributed by atoms with van der Waals surface area (Å²) in [7, 11) is -1.47. The Morgan fingerprint density at radius 1 is 1.30 bits per heavy atom. The summed E-state index contributed by atoms with van der Waals surface area (Å²) in [6.45, 7) is 1.10. The van der Waals surface area contributed by atoms with E-state index in [0.29, 0.717) is 24.5 Å². The lowest BCUT2D eigenvalue weighted by Crippen LogP contribution is -2.41. The molecule has 0 unspecified atom stereocenters. The normalized spacial score (nSPS) is 17.9. The summed E-state index contributed by atoms with van der Waals surface area (Å²) in [6.07, 6.45) is 2.82. The minimum atomic E-state index is -3.07. The zero-order chi connectivity index (χ0) is 14.8. The fourth-order valence-corrected chi connectivity index (χ4v) is 3.26. The van der Waals surface area contributed by atoms with E-state index in [1.165, 1.54) is 10.6 Å². The molecule has 112 valence electrons. The van der Waals surface area contributed by atoms with E-state index in [9.17, 15) is 8.42 Å². The molecule has 20 heavy (non-hydrogen) atoms. The SMILES string of the molecule is COc1cc(N)cc(NC2CCN(S(C)(=O)=O)CC2)c1. The molecule has 0 radical (unpaired) electrons. The zero-order valence-electron chi connectivity index (χ0n) is 11.8. The average Bonchev–Trinajstić information content (AvgIpc) is 2.37. The number of benzene rings is 1. The van der Waals surface area contributed by atoms with Gasteiger partial charge in [0.15, 0.2) is 0 Å². The minimum absolute atomic E-state index is 0.250. The van der Waals surface area contributed by atoms with E-state index < -0.39 is 10.0 Å². The molecule has 0 atom stereocenters. The molecule has 2 rings (SSSR count). The van der Waals surface area contributed by atoms with Gasteiger partial charge in [-0.2, -0.15) is 0 Å². The lowest BCUT2D eigenvalue weighted by atomic mass is 10.1. The number of hydrogen-bond acceptors (Lipinski definition) is 5. The number of anilines is 2. The van der Waals surface area contributed by atoms with Crippen LogP contribution in [0.15, 0.2) is 18.2 Å². The number of ether oxygens (including phenoxy) is 1. The number of sulfonamides is 1. The van der Waals surface area contributed by atoms with Gasteiger partial charge in [-0.25, -0.2) is 12.7 Å². The molecular formula is C13H21N3O3S. The van der Waals surface area contributed by atoms with Crippen LogP contribution < -0.4 is 15.8 Å². The van der Waals surface area contributed by atoms with Gasteiger partial charge in [-0.1, -0.05) is 0 Å². The molecule has 0 amide bonds. The summed E-state index contributed by atoms with van der Waals surface area (Å²) >= 11 is 0. The van der Waals surface area contributed by atoms with Crippen molar-refractivity contribution in [2.75, 3.05) is 37.5 Å². The van der Waals surface area contributed by atoms with Gasteiger partial charge < -0.3 is 15.8 Å². The predicted octanol–water partition coefficient (Wildman–Crippen LogP) is 1.11. The van der Waals surface area contributed by atoms with Crippen molar-refractivity contribution in [3.63, 3.8) is 0 Å². The van der Waals surface area contributed by atoms with Crippen molar-refractivity contribution < 1.29 is 13.2 Å². The first-order valence-corrected chi connectivity index (χ1v) is 8.39. The molecular weight excluding hydrogens is 278 g/mol. The fourth-order valence-electron chi connectivity index (χ4n) is 2.39. The summed E-state index contributed by atoms with van der Waals surface area (Å²) in [6, 6.07) is 5.75. The number of rotatable bonds is 4. The van der Waals surface area contributed by atoms with Crippen LogP contribution in [0.3, 0.4) is 0 Å². The monoisotopic (exact) mass is 299 g/mol. The van der Waals surface area contributed by atoms with Crippen molar-refractivity contribution in [1.82, 2.24) is 4.31 Å². The summed E-state index contributed by atoms with van der Waals surface area (Å²) in [5.41, 5.74) is 7.35. The molecule has 0 aliphatic carbocycles. The van der Waals surface area contributed by atoms with Crippen LogP contribution in [0.25, 0.3) is 0 Å². The van der Waals surface area contributed by atoms with Crippen molar-refractivity contribution in [1.29, 1.82) is 0 Å². The lowest BCUT2D eigenvalue weighted by Gasteiger charge is -2.31. The van der Waals surface area contributed by atoms with Crippen molar-refractivity contribution in [2.24, 2.45) is 0 Å². The van der Waals surface area contributed by atoms with Crippen LogP contribution in [0.5, 0.6) is 5.75 Å². The van der Waals surface area contributed by atoms with Crippen LogP contribution >= 0.6 is 0 Å². The number of hydrogen-bond donors (Lipinski definition) is 2. The quantitative estimate of drug-likeness (QED) is 0.814. The van der Waals surface area contributed by atoms with E-state index in [1.807, 2.05) is 12.1 Å². The maximum Gasteiger partial charge on any atom is 0.211 e. The lowest BCUT2D eigenvalue weighted by molar-refractivity contribution is 0.332. The predicted molar refractivity (Wildman–Crippen MR) is 80.5 cm³/mol. The number of methoxy groups -OCH3 is 1. The number of nitrogens with two attached hydrogens (primary N) is 1. The van der Waals surface area contributed by atoms with E-state index in [1.54, 1.807) is 13.2 Å². The molecule has 0 spiro atoms. The van der Waals surface area contributed by atoms with E-state index in [2.05, 4.69) is 5.32 Å². The molecule has 1 heterocycles. The number of nitrogens with one attached hydrogen (secondary N) is 1. The van der Waals surface area contributed by atoms with Crippen LogP contribution in [-0.2, 0) is 10.0 Å². The second kappa shape index (κ2) is 5.88. The Balaban J connectivity index is 1.97. The van der Waals surface area contributed by atoms with Gasteiger partial charge in [0, 0.05) is 42.6 Å². The zero-order valence-corrected chi connectivity index (χ0v) is 12.6. The van der Waals surface area contributed by atoms with E-state index in [4.69, 9.17) is 10.5 Å². The highest BCUT2D eigenvalue weighted by molar-refractivity contribution is 7.88. The Kier molecular flexibility index (Phi) is 4.39. The summed E-state index contributed by atoms with van der Waals surface area (Å²) < 4.78 is 29.6. The van der Waals surface area contributed by atoms with E-state index in [0.717, 1.165) is 18.5 Å². The van der Waals surface area contributed by atoms with Crippen LogP contribution in [0.1, 0.15) is 12.8 Å². The highest BCUT2D eigenvalue weighted by Crippen LogP contribution is 2.25. The maximum absolute atomic E-state index is 11.5. The highest BCUT2D eigenvalue weighted by Gasteiger charge is 2.24. The molecule has 1 fully saturated rings. The second-order valence-corrected chi connectivity index (χ2v) is 7.06. The molecule has 0 bridgehead atoms. The molecule has 6 nitrogen and oxygen atoms in total. The van der Waals surface area contributed by atoms with Crippen molar-refractivity contribution in [3.05, 3.63) is 18.2 Å². The van der Waals surface area contributed by atoms with Crippen LogP contribution in [0.4, 0.5) is 11.4 Å². The van der Waals surface area contributed by atoms with Gasteiger partial charge in [-0.05, 0) is 18.9 Å². The Morgan fingerprint density at radius 2 is 1.95 bits per heavy atom. The molecule has 3 N–H and O–H groups in total. The average molecular weight is 299 g/mol. The molecule has 1 aromatic carbocycles. The molecule has 0 aromatic heterocycles. The van der Waals surface area contributed by atoms with Gasteiger partial charge >= 0.3 is 0 Å². The van der Waals surface area contributed by atoms with Crippen LogP contribution in [-0.4, -0.2) is 45.2 Å². The first-order valence-electron chi connectivity index (χ1n) is 6.54. The van der Waals surface area contributed by atoms with Gasteiger partial charge in [0.05, 0.1) is 13.4 Å². The number of nitrogens with zero attached hydrogens (tertiary/aromatic N) is 1. The number of piperidine rings is 1. The van der Waals surface area contributed by atoms with Crippen LogP contribution in [0, 0.1) is 0 Å². The molecule has 1 aliphatic heterocycles. The Morgan fingerprint density at radius 3 is 2.50 bits per heavy atom. The standard InChI is InChI=1S/C13H21N3O3S/c1-19-13-8-10(14)7-12(9-13)15-11-3-5-16(6-4-11)20(2,17)18/h7-9,11,15H,3-6,14H2,1-2H3. The third-order valence-electron chi connectivity index (χ3n) is 3.46. The summed E-state index contributed by atoms with van der Waals surface area (Å²) in [5, 5.41) is 3.39. The van der Waals surface area contributed by atoms with Crippen molar-refractivity contribution >= 4 is 21.4 Å². The van der Waals surface area contributed by atoms with E-state index in [-0.39, 0.29) is 6.04 Å². The van der Waals surface area contributed by atoms with Gasteiger partial charge in [-0.15, -0.1) is 0 Å². The molecule has 1 saturated heterocycles. The highest BCUT2D eigenvalue weighted by atomic mass is 32.2. The third-order valence-corrected chi connectivity index (χ3v) is 4.76. The van der Waals surface area contributed by atoms with Gasteiger partial charge in [-0.3, -0.25) is 0 Å². The minimum Gasteiger partial charge on any atom is -0.497 e. The molecule has 0 saturated carbocycles. The van der Waals surface area contributed by atoms with Crippen molar-refractivity contribution in [2.45, 2.75) is 18.9 Å². The van der Waals surface area contributed by atoms with Crippen molar-refractivity contribution in [3.8, 4) is 5.75 Å². The third kappa shape index (κ3) is 3.77. The second-order valence-electron chi connectivity index (χ2n) is 5.08. The van der Waals surface area contributed by atoms with Gasteiger partial charge in [0.2, 0.25) is 10.0 Å². The summed E-state index contributed by atoms with van der Waals surface area (Å²) in [4.78, 5) is 0. The van der Waals surface area contributed by atoms with Gasteiger partial charge in [0.1, 0.15) is 5.75 Å². The maximum atomic E-state index is 11.5. The van der Waals surface area contributed by atoms with Crippen LogP contribution in [0.2, 0.25) is 0 Å². The molecule has 7 heteroatoms. The first kappa shape index (κ1) is 14.9. The molecule has 1 aliphatic rings. The first-order chi connectivity index (χ1) is 9.38. The summed E-state index contributed by atoms with van der Waals surface area (Å²) in [5.74, 6) is 0.709.